The number of esters is 1. The van der Waals surface area contributed by atoms with Crippen LogP contribution < -0.4 is 10.2 Å². The number of anilines is 1. The molecule has 2 fully saturated rings. The van der Waals surface area contributed by atoms with Gasteiger partial charge in [0.1, 0.15) is 22.6 Å². The van der Waals surface area contributed by atoms with Crippen molar-refractivity contribution in [3.63, 3.8) is 0 Å². The summed E-state index contributed by atoms with van der Waals surface area (Å²) in [5.74, 6) is 4.89. The molecule has 9 nitrogen and oxygen atoms in total. The summed E-state index contributed by atoms with van der Waals surface area (Å²) in [5, 5.41) is 12.8. The summed E-state index contributed by atoms with van der Waals surface area (Å²) in [5.41, 5.74) is -0.541. The van der Waals surface area contributed by atoms with E-state index in [9.17, 15) is 24.3 Å². The number of alkyl carbamates (subject to hydrolysis) is 1. The fourth-order valence-corrected chi connectivity index (χ4v) is 6.66. The third-order valence-corrected chi connectivity index (χ3v) is 9.24. The van der Waals surface area contributed by atoms with Gasteiger partial charge in [-0.1, -0.05) is 32.6 Å². The molecule has 45 heavy (non-hydrogen) atoms. The highest BCUT2D eigenvalue weighted by atomic mass is 32.1. The van der Waals surface area contributed by atoms with E-state index in [-0.39, 0.29) is 40.2 Å². The average molecular weight is 645 g/mol. The first-order valence-electron chi connectivity index (χ1n) is 16.3. The van der Waals surface area contributed by atoms with Crippen molar-refractivity contribution < 1.29 is 33.8 Å². The van der Waals surface area contributed by atoms with Crippen LogP contribution in [0.3, 0.4) is 0 Å². The van der Waals surface area contributed by atoms with E-state index in [2.05, 4.69) is 24.1 Å². The molecular weight excluding hydrogens is 592 g/mol. The lowest BCUT2D eigenvalue weighted by molar-refractivity contribution is -0.154. The van der Waals surface area contributed by atoms with E-state index in [0.717, 1.165) is 37.0 Å². The number of carboxylic acids is 1. The molecule has 2 amide bonds. The van der Waals surface area contributed by atoms with Gasteiger partial charge in [-0.3, -0.25) is 4.79 Å². The number of nitrogens with one attached hydrogen (secondary N) is 1. The van der Waals surface area contributed by atoms with Crippen LogP contribution in [0.4, 0.5) is 10.5 Å². The minimum Gasteiger partial charge on any atom is -0.477 e. The van der Waals surface area contributed by atoms with Crippen LogP contribution in [0, 0.1) is 35.0 Å². The van der Waals surface area contributed by atoms with Crippen LogP contribution >= 0.6 is 11.3 Å². The summed E-state index contributed by atoms with van der Waals surface area (Å²) >= 11 is 1.11. The van der Waals surface area contributed by atoms with Crippen molar-refractivity contribution in [3.8, 4) is 11.8 Å². The summed E-state index contributed by atoms with van der Waals surface area (Å²) in [4.78, 5) is 54.6. The van der Waals surface area contributed by atoms with Crippen LogP contribution in [-0.4, -0.2) is 52.8 Å². The van der Waals surface area contributed by atoms with E-state index < -0.39 is 29.7 Å². The molecular formula is C35H52N2O7S. The van der Waals surface area contributed by atoms with Gasteiger partial charge in [0.05, 0.1) is 10.6 Å². The molecule has 0 aromatic carbocycles. The Labute approximate surface area is 272 Å². The molecule has 2 aliphatic carbocycles. The average Bonchev–Trinajstić information content (AvgIpc) is 3.34. The molecule has 0 aliphatic heterocycles. The Kier molecular flexibility index (Phi) is 12.2. The number of ether oxygens (including phenoxy) is 2. The number of aromatic carboxylic acids is 1. The highest BCUT2D eigenvalue weighted by Gasteiger charge is 2.39. The summed E-state index contributed by atoms with van der Waals surface area (Å²) in [6.07, 6.45) is 4.60. The van der Waals surface area contributed by atoms with Crippen LogP contribution in [0.1, 0.15) is 128 Å². The van der Waals surface area contributed by atoms with Gasteiger partial charge in [-0.2, -0.15) is 0 Å². The van der Waals surface area contributed by atoms with Crippen molar-refractivity contribution in [1.29, 1.82) is 0 Å². The lowest BCUT2D eigenvalue weighted by Gasteiger charge is -2.39. The van der Waals surface area contributed by atoms with E-state index in [1.165, 1.54) is 0 Å². The molecule has 0 saturated heterocycles. The second-order valence-electron chi connectivity index (χ2n) is 15.0. The largest absolute Gasteiger partial charge is 0.477 e. The molecule has 2 aliphatic rings. The normalized spacial score (nSPS) is 22.9. The number of carboxylic acid groups (broad SMARTS) is 1. The van der Waals surface area contributed by atoms with Crippen LogP contribution in [0.15, 0.2) is 6.07 Å². The molecule has 1 unspecified atom stereocenters. The molecule has 0 radical (unpaired) electrons. The zero-order chi connectivity index (χ0) is 33.7. The highest BCUT2D eigenvalue weighted by molar-refractivity contribution is 7.15. The number of hydrogen-bond acceptors (Lipinski definition) is 7. The topological polar surface area (TPSA) is 122 Å². The lowest BCUT2D eigenvalue weighted by atomic mass is 9.81. The third-order valence-electron chi connectivity index (χ3n) is 8.21. The Bertz CT molecular complexity index is 1280. The number of hydrogen-bond donors (Lipinski definition) is 2. The molecule has 2 saturated carbocycles. The molecule has 2 N–H and O–H groups in total. The van der Waals surface area contributed by atoms with Gasteiger partial charge in [-0.05, 0) is 111 Å². The Morgan fingerprint density at radius 1 is 0.978 bits per heavy atom. The zero-order valence-corrected chi connectivity index (χ0v) is 29.3. The van der Waals surface area contributed by atoms with Crippen LogP contribution in [0.25, 0.3) is 0 Å². The third kappa shape index (κ3) is 10.8. The predicted molar refractivity (Wildman–Crippen MR) is 176 cm³/mol. The first-order chi connectivity index (χ1) is 20.8. The number of carbonyl (C=O) groups excluding carboxylic acids is 3. The van der Waals surface area contributed by atoms with Gasteiger partial charge in [-0.25, -0.2) is 14.4 Å². The second kappa shape index (κ2) is 15.0. The Morgan fingerprint density at radius 2 is 1.58 bits per heavy atom. The Balaban J connectivity index is 1.81. The van der Waals surface area contributed by atoms with Crippen molar-refractivity contribution in [2.75, 3.05) is 4.90 Å². The summed E-state index contributed by atoms with van der Waals surface area (Å²) in [7, 11) is 0. The van der Waals surface area contributed by atoms with Gasteiger partial charge in [-0.15, -0.1) is 11.3 Å². The molecule has 1 aromatic heterocycles. The highest BCUT2D eigenvalue weighted by Crippen LogP contribution is 2.39. The van der Waals surface area contributed by atoms with Gasteiger partial charge >= 0.3 is 18.0 Å². The van der Waals surface area contributed by atoms with Gasteiger partial charge in [0.15, 0.2) is 0 Å². The maximum atomic E-state index is 14.2. The SMILES string of the molecule is CC1CCC(C(=O)N(c2cc(C#CC(C)(C)C)sc2C(=O)O)C2CCC(OC(=O)C(NC(=O)OC(C)(C)C)C(C)C)CC2)CC1. The summed E-state index contributed by atoms with van der Waals surface area (Å²) in [6, 6.07) is 0.669. The minimum absolute atomic E-state index is 0.0283. The standard InChI is InChI=1S/C35H52N2O7S/c1-21(2)28(36-33(42)44-35(7,8)9)32(41)43-25-16-14-24(15-17-25)37(30(38)23-12-10-22(3)11-13-23)27-20-26(18-19-34(4,5)6)45-29(27)31(39)40/h20-25,28H,10-17H2,1-9H3,(H,36,42)(H,39,40). The van der Waals surface area contributed by atoms with Crippen LogP contribution in [0.5, 0.6) is 0 Å². The van der Waals surface area contributed by atoms with Crippen LogP contribution in [-0.2, 0) is 19.1 Å². The summed E-state index contributed by atoms with van der Waals surface area (Å²) < 4.78 is 11.2. The molecule has 0 bridgehead atoms. The van der Waals surface area contributed by atoms with Crippen molar-refractivity contribution in [1.82, 2.24) is 5.32 Å². The van der Waals surface area contributed by atoms with Crippen molar-refractivity contribution in [2.45, 2.75) is 137 Å². The Morgan fingerprint density at radius 3 is 2.09 bits per heavy atom. The van der Waals surface area contributed by atoms with Gasteiger partial charge in [0.2, 0.25) is 5.91 Å². The fraction of sp³-hybridized carbons (Fsp3) is 0.714. The number of rotatable bonds is 8. The van der Waals surface area contributed by atoms with Crippen molar-refractivity contribution in [3.05, 3.63) is 15.8 Å². The van der Waals surface area contributed by atoms with Crippen LogP contribution in [0.2, 0.25) is 0 Å². The Hall–Kier alpha value is -3.06. The van der Waals surface area contributed by atoms with E-state index in [1.807, 2.05) is 34.6 Å². The van der Waals surface area contributed by atoms with Gasteiger partial charge in [0.25, 0.3) is 0 Å². The number of carbonyl (C=O) groups is 4. The maximum absolute atomic E-state index is 14.2. The molecule has 0 spiro atoms. The fourth-order valence-electron chi connectivity index (χ4n) is 5.81. The molecule has 250 valence electrons. The maximum Gasteiger partial charge on any atom is 0.408 e. The molecule has 10 heteroatoms. The number of amides is 2. The monoisotopic (exact) mass is 644 g/mol. The van der Waals surface area contributed by atoms with E-state index in [1.54, 1.807) is 31.7 Å². The number of thiophene rings is 1. The van der Waals surface area contributed by atoms with E-state index in [4.69, 9.17) is 9.47 Å². The molecule has 3 rings (SSSR count). The summed E-state index contributed by atoms with van der Waals surface area (Å²) in [6.45, 7) is 17.1. The van der Waals surface area contributed by atoms with Crippen molar-refractivity contribution >= 4 is 41.0 Å². The zero-order valence-electron chi connectivity index (χ0n) is 28.5. The first-order valence-corrected chi connectivity index (χ1v) is 17.1. The molecule has 1 atom stereocenters. The van der Waals surface area contributed by atoms with E-state index in [0.29, 0.717) is 42.2 Å². The smallest absolute Gasteiger partial charge is 0.408 e. The minimum atomic E-state index is -1.08. The second-order valence-corrected chi connectivity index (χ2v) is 16.1. The van der Waals surface area contributed by atoms with Crippen molar-refractivity contribution in [2.24, 2.45) is 23.2 Å². The van der Waals surface area contributed by atoms with E-state index >= 15 is 0 Å². The lowest BCUT2D eigenvalue weighted by Crippen LogP contribution is -2.49. The van der Waals surface area contributed by atoms with Gasteiger partial charge < -0.3 is 24.8 Å². The molecule has 1 heterocycles. The quantitative estimate of drug-likeness (QED) is 0.223. The number of nitrogens with zero attached hydrogens (tertiary/aromatic N) is 1. The van der Waals surface area contributed by atoms with Gasteiger partial charge in [0, 0.05) is 17.4 Å². The molecule has 1 aromatic rings. The first kappa shape index (κ1) is 36.4. The predicted octanol–water partition coefficient (Wildman–Crippen LogP) is 7.41.